The van der Waals surface area contributed by atoms with Gasteiger partial charge in [0.05, 0.1) is 10.6 Å². The molecule has 4 heteroatoms. The van der Waals surface area contributed by atoms with E-state index in [1.807, 2.05) is 42.5 Å². The highest BCUT2D eigenvalue weighted by Gasteiger charge is 2.19. The maximum atomic E-state index is 5.52. The quantitative estimate of drug-likeness (QED) is 0.459. The van der Waals surface area contributed by atoms with Gasteiger partial charge in [0, 0.05) is 11.1 Å². The molecule has 1 aromatic heterocycles. The predicted octanol–water partition coefficient (Wildman–Crippen LogP) is 5.87. The number of benzene rings is 3. The molecule has 0 radical (unpaired) electrons. The van der Waals surface area contributed by atoms with Crippen LogP contribution in [0.4, 0.5) is 0 Å². The first-order chi connectivity index (χ1) is 12.9. The van der Waals surface area contributed by atoms with Gasteiger partial charge in [0.15, 0.2) is 11.5 Å². The summed E-state index contributed by atoms with van der Waals surface area (Å²) < 4.78 is 10.9. The molecule has 0 saturated carbocycles. The lowest BCUT2D eigenvalue weighted by Crippen LogP contribution is -1.92. The Morgan fingerprint density at radius 1 is 0.692 bits per heavy atom. The molecule has 0 spiro atoms. The Morgan fingerprint density at radius 3 is 2.15 bits per heavy atom. The van der Waals surface area contributed by atoms with Gasteiger partial charge in [-0.1, -0.05) is 60.7 Å². The van der Waals surface area contributed by atoms with Gasteiger partial charge in [0.1, 0.15) is 5.01 Å². The fraction of sp³-hybridized carbons (Fsp3) is 0.0455. The van der Waals surface area contributed by atoms with Crippen LogP contribution >= 0.6 is 11.3 Å². The molecule has 126 valence electrons. The molecule has 0 saturated heterocycles. The van der Waals surface area contributed by atoms with Crippen LogP contribution in [0.5, 0.6) is 11.5 Å². The Bertz CT molecular complexity index is 1000. The summed E-state index contributed by atoms with van der Waals surface area (Å²) in [5.41, 5.74) is 4.35. The number of fused-ring (bicyclic) bond motifs is 1. The molecule has 2 heterocycles. The van der Waals surface area contributed by atoms with E-state index >= 15 is 0 Å². The molecule has 3 aromatic carbocycles. The van der Waals surface area contributed by atoms with Gasteiger partial charge >= 0.3 is 0 Å². The van der Waals surface area contributed by atoms with E-state index in [4.69, 9.17) is 14.5 Å². The van der Waals surface area contributed by atoms with E-state index in [0.29, 0.717) is 0 Å². The van der Waals surface area contributed by atoms with Crippen LogP contribution in [-0.4, -0.2) is 11.8 Å². The summed E-state index contributed by atoms with van der Waals surface area (Å²) in [5.74, 6) is 1.57. The van der Waals surface area contributed by atoms with Crippen molar-refractivity contribution in [2.24, 2.45) is 0 Å². The molecule has 3 nitrogen and oxygen atoms in total. The van der Waals surface area contributed by atoms with Crippen LogP contribution in [0.3, 0.4) is 0 Å². The maximum absolute atomic E-state index is 5.52. The molecule has 1 aliphatic rings. The number of ether oxygens (including phenoxy) is 2. The first-order valence-electron chi connectivity index (χ1n) is 8.40. The van der Waals surface area contributed by atoms with Crippen molar-refractivity contribution < 1.29 is 9.47 Å². The van der Waals surface area contributed by atoms with Crippen LogP contribution in [-0.2, 0) is 0 Å². The van der Waals surface area contributed by atoms with Crippen molar-refractivity contribution in [1.29, 1.82) is 0 Å². The Labute approximate surface area is 155 Å². The van der Waals surface area contributed by atoms with Gasteiger partial charge in [-0.3, -0.25) is 0 Å². The number of aromatic nitrogens is 1. The molecule has 26 heavy (non-hydrogen) atoms. The van der Waals surface area contributed by atoms with Gasteiger partial charge in [0.2, 0.25) is 6.79 Å². The molecule has 1 aliphatic heterocycles. The first kappa shape index (κ1) is 15.2. The standard InChI is InChI=1S/C22H15NO2S/c1-3-7-15(8-4-1)20-21(16-9-5-2-6-10-16)26-22(23-20)17-11-12-18-19(13-17)25-14-24-18/h1-13H,14H2. The zero-order valence-electron chi connectivity index (χ0n) is 13.9. The number of hydrogen-bond acceptors (Lipinski definition) is 4. The van der Waals surface area contributed by atoms with Gasteiger partial charge in [-0.2, -0.15) is 0 Å². The van der Waals surface area contributed by atoms with Crippen molar-refractivity contribution in [3.8, 4) is 43.8 Å². The second-order valence-corrected chi connectivity index (χ2v) is 7.00. The minimum atomic E-state index is 0.279. The van der Waals surface area contributed by atoms with Crippen LogP contribution in [0.25, 0.3) is 32.3 Å². The molecule has 0 fully saturated rings. The second kappa shape index (κ2) is 6.32. The van der Waals surface area contributed by atoms with E-state index in [9.17, 15) is 0 Å². The van der Waals surface area contributed by atoms with E-state index in [-0.39, 0.29) is 6.79 Å². The third-order valence-corrected chi connectivity index (χ3v) is 5.48. The van der Waals surface area contributed by atoms with Gasteiger partial charge in [-0.25, -0.2) is 4.98 Å². The average molecular weight is 357 g/mol. The summed E-state index contributed by atoms with van der Waals surface area (Å²) in [6, 6.07) is 26.7. The fourth-order valence-electron chi connectivity index (χ4n) is 3.05. The normalized spacial score (nSPS) is 12.3. The number of nitrogens with zero attached hydrogens (tertiary/aromatic N) is 1. The minimum Gasteiger partial charge on any atom is -0.454 e. The van der Waals surface area contributed by atoms with Gasteiger partial charge in [0.25, 0.3) is 0 Å². The number of rotatable bonds is 3. The second-order valence-electron chi connectivity index (χ2n) is 6.00. The molecule has 4 aromatic rings. The highest BCUT2D eigenvalue weighted by molar-refractivity contribution is 7.19. The molecule has 5 rings (SSSR count). The lowest BCUT2D eigenvalue weighted by molar-refractivity contribution is 0.174. The molecular weight excluding hydrogens is 342 g/mol. The highest BCUT2D eigenvalue weighted by Crippen LogP contribution is 2.42. The van der Waals surface area contributed by atoms with E-state index in [0.717, 1.165) is 33.3 Å². The van der Waals surface area contributed by atoms with Gasteiger partial charge < -0.3 is 9.47 Å². The van der Waals surface area contributed by atoms with E-state index < -0.39 is 0 Å². The van der Waals surface area contributed by atoms with E-state index in [1.54, 1.807) is 11.3 Å². The van der Waals surface area contributed by atoms with Crippen LogP contribution in [0.15, 0.2) is 78.9 Å². The van der Waals surface area contributed by atoms with Gasteiger partial charge in [-0.05, 0) is 23.8 Å². The smallest absolute Gasteiger partial charge is 0.231 e. The fourth-order valence-corrected chi connectivity index (χ4v) is 4.14. The van der Waals surface area contributed by atoms with Crippen LogP contribution in [0.1, 0.15) is 0 Å². The van der Waals surface area contributed by atoms with Crippen molar-refractivity contribution in [2.45, 2.75) is 0 Å². The zero-order chi connectivity index (χ0) is 17.3. The molecular formula is C22H15NO2S. The molecule has 0 N–H and O–H groups in total. The Morgan fingerprint density at radius 2 is 1.38 bits per heavy atom. The first-order valence-corrected chi connectivity index (χ1v) is 9.22. The van der Waals surface area contributed by atoms with Crippen LogP contribution in [0, 0.1) is 0 Å². The Balaban J connectivity index is 1.67. The summed E-state index contributed by atoms with van der Waals surface area (Å²) in [5, 5.41) is 0.973. The summed E-state index contributed by atoms with van der Waals surface area (Å²) in [7, 11) is 0. The lowest BCUT2D eigenvalue weighted by Gasteiger charge is -2.02. The zero-order valence-corrected chi connectivity index (χ0v) is 14.7. The van der Waals surface area contributed by atoms with Crippen molar-refractivity contribution in [1.82, 2.24) is 4.98 Å². The SMILES string of the molecule is c1ccc(-c2nc(-c3ccc4c(c3)OCO4)sc2-c2ccccc2)cc1. The van der Waals surface area contributed by atoms with E-state index in [2.05, 4.69) is 36.4 Å². The third kappa shape index (κ3) is 2.65. The summed E-state index contributed by atoms with van der Waals surface area (Å²) in [4.78, 5) is 6.15. The largest absolute Gasteiger partial charge is 0.454 e. The molecule has 0 amide bonds. The lowest BCUT2D eigenvalue weighted by atomic mass is 10.1. The topological polar surface area (TPSA) is 31.4 Å². The molecule has 0 atom stereocenters. The summed E-state index contributed by atoms with van der Waals surface area (Å²) >= 11 is 1.70. The van der Waals surface area contributed by atoms with Crippen molar-refractivity contribution in [3.05, 3.63) is 78.9 Å². The Kier molecular flexibility index (Phi) is 3.68. The molecule has 0 aliphatic carbocycles. The average Bonchev–Trinajstić information content (AvgIpc) is 3.36. The molecule has 0 unspecified atom stereocenters. The van der Waals surface area contributed by atoms with Crippen molar-refractivity contribution in [3.63, 3.8) is 0 Å². The van der Waals surface area contributed by atoms with Crippen LogP contribution in [0.2, 0.25) is 0 Å². The summed E-state index contributed by atoms with van der Waals surface area (Å²) in [6.45, 7) is 0.279. The maximum Gasteiger partial charge on any atom is 0.231 e. The number of hydrogen-bond donors (Lipinski definition) is 0. The predicted molar refractivity (Wildman–Crippen MR) is 105 cm³/mol. The highest BCUT2D eigenvalue weighted by atomic mass is 32.1. The Hall–Kier alpha value is -3.11. The minimum absolute atomic E-state index is 0.279. The summed E-state index contributed by atoms with van der Waals surface area (Å²) in [6.07, 6.45) is 0. The third-order valence-electron chi connectivity index (χ3n) is 4.33. The van der Waals surface area contributed by atoms with Crippen molar-refractivity contribution >= 4 is 11.3 Å². The number of thiazole rings is 1. The monoisotopic (exact) mass is 357 g/mol. The molecule has 0 bridgehead atoms. The van der Waals surface area contributed by atoms with Gasteiger partial charge in [-0.15, -0.1) is 11.3 Å². The van der Waals surface area contributed by atoms with Crippen molar-refractivity contribution in [2.75, 3.05) is 6.79 Å². The van der Waals surface area contributed by atoms with Crippen LogP contribution < -0.4 is 9.47 Å². The van der Waals surface area contributed by atoms with E-state index in [1.165, 1.54) is 10.4 Å².